The zero-order chi connectivity index (χ0) is 21.8. The summed E-state index contributed by atoms with van der Waals surface area (Å²) >= 11 is 1.43. The average Bonchev–Trinajstić information content (AvgIpc) is 3.23. The molecule has 4 rings (SSSR count). The van der Waals surface area contributed by atoms with Gasteiger partial charge in [0, 0.05) is 16.4 Å². The van der Waals surface area contributed by atoms with Crippen molar-refractivity contribution in [1.29, 1.82) is 0 Å². The molecule has 1 aliphatic carbocycles. The predicted molar refractivity (Wildman–Crippen MR) is 127 cm³/mol. The Kier molecular flexibility index (Phi) is 6.47. The van der Waals surface area contributed by atoms with E-state index in [1.807, 2.05) is 12.1 Å². The number of carbonyl (C=O) groups is 1. The lowest BCUT2D eigenvalue weighted by molar-refractivity contribution is 0.102. The Labute approximate surface area is 187 Å². The third-order valence-corrected chi connectivity index (χ3v) is 6.79. The number of thiophene rings is 1. The number of fused-ring (bicyclic) bond motifs is 1. The molecule has 1 unspecified atom stereocenters. The Hall–Kier alpha value is -2.99. The Morgan fingerprint density at radius 2 is 1.81 bits per heavy atom. The van der Waals surface area contributed by atoms with Crippen molar-refractivity contribution >= 4 is 28.6 Å². The number of rotatable bonds is 7. The van der Waals surface area contributed by atoms with Gasteiger partial charge >= 0.3 is 0 Å². The topological polar surface area (TPSA) is 73.6 Å². The van der Waals surface area contributed by atoms with Crippen LogP contribution in [0, 0.1) is 5.92 Å². The molecular formula is C25H28N2O3S. The molecule has 0 fully saturated rings. The van der Waals surface area contributed by atoms with E-state index >= 15 is 0 Å². The van der Waals surface area contributed by atoms with Crippen LogP contribution in [0.4, 0.5) is 11.4 Å². The van der Waals surface area contributed by atoms with Gasteiger partial charge in [-0.3, -0.25) is 4.79 Å². The minimum absolute atomic E-state index is 0.167. The number of nitrogens with two attached hydrogens (primary N) is 1. The number of hydrogen-bond acceptors (Lipinski definition) is 5. The number of nitrogens with one attached hydrogen (secondary N) is 1. The van der Waals surface area contributed by atoms with Crippen molar-refractivity contribution in [3.05, 3.63) is 69.4 Å². The molecule has 3 aromatic rings. The summed E-state index contributed by atoms with van der Waals surface area (Å²) in [4.78, 5) is 12.3. The van der Waals surface area contributed by atoms with Gasteiger partial charge < -0.3 is 20.5 Å². The molecule has 1 heterocycles. The Morgan fingerprint density at radius 1 is 1.10 bits per heavy atom. The first kappa shape index (κ1) is 21.2. The Bertz CT molecular complexity index is 1060. The van der Waals surface area contributed by atoms with Crippen molar-refractivity contribution in [2.45, 2.75) is 32.1 Å². The summed E-state index contributed by atoms with van der Waals surface area (Å²) in [6.45, 7) is 0. The first-order chi connectivity index (χ1) is 15.1. The van der Waals surface area contributed by atoms with Crippen molar-refractivity contribution in [2.75, 3.05) is 25.3 Å². The van der Waals surface area contributed by atoms with Crippen LogP contribution in [-0.4, -0.2) is 20.1 Å². The molecule has 2 aromatic carbocycles. The monoisotopic (exact) mass is 436 g/mol. The first-order valence-electron chi connectivity index (χ1n) is 10.5. The molecule has 31 heavy (non-hydrogen) atoms. The number of nitrogen functional groups attached to an aromatic ring is 1. The summed E-state index contributed by atoms with van der Waals surface area (Å²) in [5, 5.41) is 6.46. The fraction of sp³-hybridized carbons (Fsp3) is 0.320. The van der Waals surface area contributed by atoms with Crippen molar-refractivity contribution in [3.63, 3.8) is 0 Å². The fourth-order valence-corrected chi connectivity index (χ4v) is 4.94. The maximum Gasteiger partial charge on any atom is 0.258 e. The summed E-state index contributed by atoms with van der Waals surface area (Å²) in [5.74, 6) is 2.11. The molecule has 0 saturated heterocycles. The SMILES string of the molecule is COc1cc2c(cc1OC)CC(CCc1ccc(NC(=O)c3cscc3N)cc1)CC2. The van der Waals surface area contributed by atoms with Gasteiger partial charge in [0.25, 0.3) is 5.91 Å². The number of ether oxygens (including phenoxy) is 2. The van der Waals surface area contributed by atoms with Crippen molar-refractivity contribution in [3.8, 4) is 11.5 Å². The van der Waals surface area contributed by atoms with Crippen LogP contribution in [0.5, 0.6) is 11.5 Å². The van der Waals surface area contributed by atoms with Crippen molar-refractivity contribution < 1.29 is 14.3 Å². The summed E-state index contributed by atoms with van der Waals surface area (Å²) < 4.78 is 10.9. The van der Waals surface area contributed by atoms with E-state index < -0.39 is 0 Å². The number of hydrogen-bond donors (Lipinski definition) is 2. The van der Waals surface area contributed by atoms with Gasteiger partial charge in [-0.1, -0.05) is 12.1 Å². The lowest BCUT2D eigenvalue weighted by Gasteiger charge is -2.26. The van der Waals surface area contributed by atoms with Gasteiger partial charge in [0.05, 0.1) is 25.5 Å². The van der Waals surface area contributed by atoms with Crippen LogP contribution < -0.4 is 20.5 Å². The van der Waals surface area contributed by atoms with E-state index in [4.69, 9.17) is 15.2 Å². The second-order valence-electron chi connectivity index (χ2n) is 8.02. The third-order valence-electron chi connectivity index (χ3n) is 6.03. The van der Waals surface area contributed by atoms with Crippen molar-refractivity contribution in [1.82, 2.24) is 0 Å². The summed E-state index contributed by atoms with van der Waals surface area (Å²) in [6, 6.07) is 12.4. The van der Waals surface area contributed by atoms with E-state index in [9.17, 15) is 4.79 Å². The predicted octanol–water partition coefficient (Wildman–Crippen LogP) is 5.34. The van der Waals surface area contributed by atoms with Crippen LogP contribution in [0.1, 0.15) is 39.9 Å². The highest BCUT2D eigenvalue weighted by molar-refractivity contribution is 7.08. The van der Waals surface area contributed by atoms with E-state index in [2.05, 4.69) is 29.6 Å². The molecule has 3 N–H and O–H groups in total. The Balaban J connectivity index is 1.33. The highest BCUT2D eigenvalue weighted by atomic mass is 32.1. The number of benzene rings is 2. The van der Waals surface area contributed by atoms with Crippen molar-refractivity contribution in [2.24, 2.45) is 5.92 Å². The van der Waals surface area contributed by atoms with Gasteiger partial charge in [-0.05, 0) is 79.0 Å². The van der Waals surface area contributed by atoms with Crippen LogP contribution in [0.15, 0.2) is 47.2 Å². The van der Waals surface area contributed by atoms with Gasteiger partial charge in [0.1, 0.15) is 0 Å². The van der Waals surface area contributed by atoms with E-state index in [0.29, 0.717) is 17.2 Å². The molecule has 1 aromatic heterocycles. The van der Waals surface area contributed by atoms with Gasteiger partial charge in [0.15, 0.2) is 11.5 Å². The molecule has 1 amide bonds. The van der Waals surface area contributed by atoms with Crippen LogP contribution in [0.25, 0.3) is 0 Å². The number of anilines is 2. The van der Waals surface area contributed by atoms with Gasteiger partial charge in [-0.15, -0.1) is 11.3 Å². The van der Waals surface area contributed by atoms with Gasteiger partial charge in [-0.25, -0.2) is 0 Å². The number of carbonyl (C=O) groups excluding carboxylic acids is 1. The number of amides is 1. The molecule has 162 valence electrons. The molecule has 0 spiro atoms. The second kappa shape index (κ2) is 9.43. The zero-order valence-electron chi connectivity index (χ0n) is 17.9. The molecule has 6 heteroatoms. The van der Waals surface area contributed by atoms with E-state index in [1.165, 1.54) is 34.4 Å². The normalized spacial score (nSPS) is 15.2. The maximum atomic E-state index is 12.3. The molecule has 0 aliphatic heterocycles. The minimum atomic E-state index is -0.167. The molecule has 1 aliphatic rings. The third kappa shape index (κ3) is 4.85. The number of methoxy groups -OCH3 is 2. The summed E-state index contributed by atoms with van der Waals surface area (Å²) in [7, 11) is 3.37. The summed E-state index contributed by atoms with van der Waals surface area (Å²) in [6.07, 6.45) is 5.52. The number of aryl methyl sites for hydroxylation is 2. The second-order valence-corrected chi connectivity index (χ2v) is 8.76. The van der Waals surface area contributed by atoms with Crippen LogP contribution in [0.2, 0.25) is 0 Å². The molecule has 0 saturated carbocycles. The molecule has 0 bridgehead atoms. The fourth-order valence-electron chi connectivity index (χ4n) is 4.22. The maximum absolute atomic E-state index is 12.3. The van der Waals surface area contributed by atoms with Gasteiger partial charge in [-0.2, -0.15) is 0 Å². The average molecular weight is 437 g/mol. The smallest absolute Gasteiger partial charge is 0.258 e. The largest absolute Gasteiger partial charge is 0.493 e. The van der Waals surface area contributed by atoms with Gasteiger partial charge in [0.2, 0.25) is 0 Å². The van der Waals surface area contributed by atoms with Crippen LogP contribution >= 0.6 is 11.3 Å². The van der Waals surface area contributed by atoms with Crippen LogP contribution in [0.3, 0.4) is 0 Å². The Morgan fingerprint density at radius 3 is 2.45 bits per heavy atom. The quantitative estimate of drug-likeness (QED) is 0.524. The standard InChI is InChI=1S/C25H28N2O3S/c1-29-23-12-18-8-5-17(11-19(18)13-24(23)30-2)4-3-16-6-9-20(10-7-16)27-25(28)21-14-31-15-22(21)26/h6-7,9-10,12-15,17H,3-5,8,11,26H2,1-2H3,(H,27,28). The first-order valence-corrected chi connectivity index (χ1v) is 11.5. The zero-order valence-corrected chi connectivity index (χ0v) is 18.8. The van der Waals surface area contributed by atoms with E-state index in [1.54, 1.807) is 25.0 Å². The molecule has 1 atom stereocenters. The lowest BCUT2D eigenvalue weighted by Crippen LogP contribution is -2.15. The molecular weight excluding hydrogens is 408 g/mol. The molecule has 0 radical (unpaired) electrons. The highest BCUT2D eigenvalue weighted by Gasteiger charge is 2.21. The lowest BCUT2D eigenvalue weighted by atomic mass is 9.81. The van der Waals surface area contributed by atoms with E-state index in [-0.39, 0.29) is 5.91 Å². The van der Waals surface area contributed by atoms with E-state index in [0.717, 1.165) is 42.9 Å². The van der Waals surface area contributed by atoms with Crippen LogP contribution in [-0.2, 0) is 19.3 Å². The minimum Gasteiger partial charge on any atom is -0.493 e. The molecule has 5 nitrogen and oxygen atoms in total. The highest BCUT2D eigenvalue weighted by Crippen LogP contribution is 2.36. The summed E-state index contributed by atoms with van der Waals surface area (Å²) in [5.41, 5.74) is 11.7.